The molecule has 2 amide bonds. The van der Waals surface area contributed by atoms with Gasteiger partial charge in [-0.15, -0.1) is 6.42 Å². The average molecular weight is 318 g/mol. The zero-order valence-electron chi connectivity index (χ0n) is 13.6. The minimum atomic E-state index is -0.549. The van der Waals surface area contributed by atoms with Crippen LogP contribution >= 0.6 is 0 Å². The molecule has 0 bridgehead atoms. The van der Waals surface area contributed by atoms with Gasteiger partial charge >= 0.3 is 6.09 Å². The molecule has 2 N–H and O–H groups in total. The molecule has 0 saturated heterocycles. The van der Waals surface area contributed by atoms with Gasteiger partial charge in [0.2, 0.25) is 0 Å². The normalized spacial score (nSPS) is 10.3. The molecule has 0 unspecified atom stereocenters. The Hall–Kier alpha value is -2.68. The second-order valence-corrected chi connectivity index (χ2v) is 5.66. The van der Waals surface area contributed by atoms with Crippen LogP contribution in [0.2, 0.25) is 0 Å². The zero-order valence-corrected chi connectivity index (χ0v) is 13.6. The van der Waals surface area contributed by atoms with Gasteiger partial charge in [-0.25, -0.2) is 4.79 Å². The van der Waals surface area contributed by atoms with Crippen LogP contribution in [0.3, 0.4) is 0 Å². The van der Waals surface area contributed by atoms with E-state index in [0.29, 0.717) is 11.3 Å². The number of alkyl carbamates (subject to hydrolysis) is 1. The molecule has 0 saturated carbocycles. The van der Waals surface area contributed by atoms with Crippen molar-refractivity contribution in [3.05, 3.63) is 29.8 Å². The average Bonchev–Trinajstić information content (AvgIpc) is 2.48. The van der Waals surface area contributed by atoms with E-state index in [2.05, 4.69) is 16.6 Å². The summed E-state index contributed by atoms with van der Waals surface area (Å²) in [6, 6.07) is 6.81. The summed E-state index contributed by atoms with van der Waals surface area (Å²) in [5, 5.41) is 5.16. The molecule has 0 aliphatic rings. The van der Waals surface area contributed by atoms with Crippen LogP contribution in [0.25, 0.3) is 0 Å². The highest BCUT2D eigenvalue weighted by Crippen LogP contribution is 2.17. The lowest BCUT2D eigenvalue weighted by Crippen LogP contribution is -2.34. The van der Waals surface area contributed by atoms with Crippen molar-refractivity contribution in [2.24, 2.45) is 0 Å². The van der Waals surface area contributed by atoms with Crippen molar-refractivity contribution in [1.29, 1.82) is 0 Å². The van der Waals surface area contributed by atoms with Crippen molar-refractivity contribution in [3.8, 4) is 18.1 Å². The number of carbonyl (C=O) groups excluding carboxylic acids is 2. The summed E-state index contributed by atoms with van der Waals surface area (Å²) in [7, 11) is 0. The van der Waals surface area contributed by atoms with Gasteiger partial charge in [-0.1, -0.05) is 18.1 Å². The first-order valence-electron chi connectivity index (χ1n) is 7.24. The van der Waals surface area contributed by atoms with E-state index < -0.39 is 11.7 Å². The Morgan fingerprint density at radius 2 is 1.91 bits per heavy atom. The number of hydrogen-bond acceptors (Lipinski definition) is 4. The Labute approximate surface area is 136 Å². The third-order valence-corrected chi connectivity index (χ3v) is 2.51. The maximum Gasteiger partial charge on any atom is 0.407 e. The second kappa shape index (κ2) is 8.69. The molecule has 6 nitrogen and oxygen atoms in total. The number of hydrogen-bond donors (Lipinski definition) is 2. The number of rotatable bonds is 6. The van der Waals surface area contributed by atoms with E-state index in [1.165, 1.54) is 0 Å². The van der Waals surface area contributed by atoms with Gasteiger partial charge in [0.1, 0.15) is 18.0 Å². The second-order valence-electron chi connectivity index (χ2n) is 5.66. The van der Waals surface area contributed by atoms with Gasteiger partial charge in [0.05, 0.1) is 18.7 Å². The van der Waals surface area contributed by atoms with Crippen LogP contribution in [0.4, 0.5) is 4.79 Å². The standard InChI is InChI=1S/C17H22N2O4/c1-5-10-18-15(20)13-8-6-7-9-14(13)22-12-11-19-16(21)23-17(2,3)4/h1,6-9H,10-12H2,2-4H3,(H,18,20)(H,19,21). The number of para-hydroxylation sites is 1. The summed E-state index contributed by atoms with van der Waals surface area (Å²) in [5.74, 6) is 2.45. The van der Waals surface area contributed by atoms with E-state index in [-0.39, 0.29) is 25.6 Å². The molecule has 0 spiro atoms. The van der Waals surface area contributed by atoms with Crippen LogP contribution < -0.4 is 15.4 Å². The molecule has 6 heteroatoms. The van der Waals surface area contributed by atoms with Crippen LogP contribution in [-0.4, -0.2) is 37.3 Å². The van der Waals surface area contributed by atoms with Crippen LogP contribution in [0.15, 0.2) is 24.3 Å². The quantitative estimate of drug-likeness (QED) is 0.621. The van der Waals surface area contributed by atoms with E-state index in [1.807, 2.05) is 0 Å². The molecule has 1 aromatic carbocycles. The Bertz CT molecular complexity index is 585. The largest absolute Gasteiger partial charge is 0.491 e. The number of amides is 2. The first kappa shape index (κ1) is 18.4. The highest BCUT2D eigenvalue weighted by atomic mass is 16.6. The SMILES string of the molecule is C#CCNC(=O)c1ccccc1OCCNC(=O)OC(C)(C)C. The fourth-order valence-corrected chi connectivity index (χ4v) is 1.63. The van der Waals surface area contributed by atoms with Crippen molar-refractivity contribution in [1.82, 2.24) is 10.6 Å². The zero-order chi connectivity index (χ0) is 17.3. The van der Waals surface area contributed by atoms with Gasteiger partial charge in [0.15, 0.2) is 0 Å². The first-order valence-corrected chi connectivity index (χ1v) is 7.24. The summed E-state index contributed by atoms with van der Waals surface area (Å²) in [4.78, 5) is 23.4. The Morgan fingerprint density at radius 3 is 2.57 bits per heavy atom. The topological polar surface area (TPSA) is 76.7 Å². The van der Waals surface area contributed by atoms with E-state index in [1.54, 1.807) is 45.0 Å². The molecule has 1 rings (SSSR count). The number of nitrogens with one attached hydrogen (secondary N) is 2. The molecule has 0 atom stereocenters. The van der Waals surface area contributed by atoms with E-state index in [9.17, 15) is 9.59 Å². The van der Waals surface area contributed by atoms with Crippen molar-refractivity contribution >= 4 is 12.0 Å². The molecular formula is C17H22N2O4. The van der Waals surface area contributed by atoms with Crippen molar-refractivity contribution in [2.75, 3.05) is 19.7 Å². The highest BCUT2D eigenvalue weighted by molar-refractivity contribution is 5.97. The number of ether oxygens (including phenoxy) is 2. The van der Waals surface area contributed by atoms with E-state index in [4.69, 9.17) is 15.9 Å². The minimum absolute atomic E-state index is 0.146. The smallest absolute Gasteiger partial charge is 0.407 e. The van der Waals surface area contributed by atoms with E-state index >= 15 is 0 Å². The number of carbonyl (C=O) groups is 2. The molecule has 0 aliphatic heterocycles. The maximum absolute atomic E-state index is 11.9. The molecule has 1 aromatic rings. The predicted octanol–water partition coefficient (Wildman–Crippen LogP) is 1.95. The molecule has 0 aromatic heterocycles. The summed E-state index contributed by atoms with van der Waals surface area (Å²) < 4.78 is 10.6. The fourth-order valence-electron chi connectivity index (χ4n) is 1.63. The third kappa shape index (κ3) is 7.23. The Kier molecular flexibility index (Phi) is 6.94. The molecule has 23 heavy (non-hydrogen) atoms. The van der Waals surface area contributed by atoms with Crippen LogP contribution in [0, 0.1) is 12.3 Å². The lowest BCUT2D eigenvalue weighted by atomic mass is 10.2. The monoisotopic (exact) mass is 318 g/mol. The third-order valence-electron chi connectivity index (χ3n) is 2.51. The fraction of sp³-hybridized carbons (Fsp3) is 0.412. The van der Waals surface area contributed by atoms with Gasteiger partial charge in [-0.2, -0.15) is 0 Å². The summed E-state index contributed by atoms with van der Waals surface area (Å²) in [6.45, 7) is 5.97. The van der Waals surface area contributed by atoms with Crippen molar-refractivity contribution in [3.63, 3.8) is 0 Å². The molecule has 0 heterocycles. The highest BCUT2D eigenvalue weighted by Gasteiger charge is 2.16. The van der Waals surface area contributed by atoms with Gasteiger partial charge < -0.3 is 20.1 Å². The van der Waals surface area contributed by atoms with Crippen LogP contribution in [0.1, 0.15) is 31.1 Å². The number of terminal acetylenes is 1. The Balaban J connectivity index is 2.48. The molecule has 124 valence electrons. The molecule has 0 radical (unpaired) electrons. The lowest BCUT2D eigenvalue weighted by molar-refractivity contribution is 0.0519. The van der Waals surface area contributed by atoms with Gasteiger partial charge in [-0.05, 0) is 32.9 Å². The molecular weight excluding hydrogens is 296 g/mol. The van der Waals surface area contributed by atoms with Crippen molar-refractivity contribution < 1.29 is 19.1 Å². The van der Waals surface area contributed by atoms with E-state index in [0.717, 1.165) is 0 Å². The summed E-state index contributed by atoms with van der Waals surface area (Å²) in [6.07, 6.45) is 4.60. The summed E-state index contributed by atoms with van der Waals surface area (Å²) in [5.41, 5.74) is -0.160. The van der Waals surface area contributed by atoms with Crippen LogP contribution in [0.5, 0.6) is 5.75 Å². The minimum Gasteiger partial charge on any atom is -0.491 e. The molecule has 0 fully saturated rings. The van der Waals surface area contributed by atoms with Crippen molar-refractivity contribution in [2.45, 2.75) is 26.4 Å². The van der Waals surface area contributed by atoms with Gasteiger partial charge in [-0.3, -0.25) is 4.79 Å². The Morgan fingerprint density at radius 1 is 1.22 bits per heavy atom. The maximum atomic E-state index is 11.9. The van der Waals surface area contributed by atoms with Gasteiger partial charge in [0.25, 0.3) is 5.91 Å². The van der Waals surface area contributed by atoms with Gasteiger partial charge in [0, 0.05) is 0 Å². The first-order chi connectivity index (χ1) is 10.8. The lowest BCUT2D eigenvalue weighted by Gasteiger charge is -2.19. The molecule has 0 aliphatic carbocycles. The predicted molar refractivity (Wildman–Crippen MR) is 87.3 cm³/mol. The summed E-state index contributed by atoms with van der Waals surface area (Å²) >= 11 is 0. The van der Waals surface area contributed by atoms with Crippen LogP contribution in [-0.2, 0) is 4.74 Å². The number of benzene rings is 1.